The van der Waals surface area contributed by atoms with E-state index in [4.69, 9.17) is 4.98 Å². The fourth-order valence-electron chi connectivity index (χ4n) is 2.62. The standard InChI is InChI=1S/C12H21N5S/c1-9-8-17(6-5-13-9)12-14-11(15-16-12)10-4-2-3-7-18-10/h9-10,13H,2-8H2,1H3,(H,14,15,16)/t9-,10?/m0/s1. The van der Waals surface area contributed by atoms with Crippen molar-refractivity contribution in [2.75, 3.05) is 30.3 Å². The molecule has 2 aliphatic rings. The highest BCUT2D eigenvalue weighted by Gasteiger charge is 2.23. The minimum absolute atomic E-state index is 0.518. The first-order valence-electron chi connectivity index (χ1n) is 6.85. The first-order valence-corrected chi connectivity index (χ1v) is 7.90. The van der Waals surface area contributed by atoms with E-state index < -0.39 is 0 Å². The van der Waals surface area contributed by atoms with E-state index in [1.54, 1.807) is 0 Å². The summed E-state index contributed by atoms with van der Waals surface area (Å²) in [5.74, 6) is 3.20. The maximum Gasteiger partial charge on any atom is 0.244 e. The van der Waals surface area contributed by atoms with Gasteiger partial charge in [-0.3, -0.25) is 5.10 Å². The van der Waals surface area contributed by atoms with Crippen LogP contribution in [-0.4, -0.2) is 46.6 Å². The molecule has 18 heavy (non-hydrogen) atoms. The molecule has 0 saturated carbocycles. The zero-order chi connectivity index (χ0) is 12.4. The highest BCUT2D eigenvalue weighted by atomic mass is 32.2. The van der Waals surface area contributed by atoms with Crippen molar-refractivity contribution in [3.05, 3.63) is 5.82 Å². The number of hydrogen-bond donors (Lipinski definition) is 2. The van der Waals surface area contributed by atoms with Crippen LogP contribution < -0.4 is 10.2 Å². The van der Waals surface area contributed by atoms with Crippen molar-refractivity contribution in [2.45, 2.75) is 37.5 Å². The van der Waals surface area contributed by atoms with Crippen molar-refractivity contribution in [1.82, 2.24) is 20.5 Å². The lowest BCUT2D eigenvalue weighted by Crippen LogP contribution is -2.49. The molecule has 2 atom stereocenters. The lowest BCUT2D eigenvalue weighted by molar-refractivity contribution is 0.479. The number of thioether (sulfide) groups is 1. The fraction of sp³-hybridized carbons (Fsp3) is 0.833. The minimum Gasteiger partial charge on any atom is -0.337 e. The SMILES string of the molecule is C[C@H]1CN(c2n[nH]c(C3CCCCS3)n2)CCN1. The number of aromatic amines is 1. The van der Waals surface area contributed by atoms with Gasteiger partial charge in [0.1, 0.15) is 5.82 Å². The number of nitrogens with one attached hydrogen (secondary N) is 2. The van der Waals surface area contributed by atoms with E-state index in [1.807, 2.05) is 11.8 Å². The molecule has 0 aliphatic carbocycles. The van der Waals surface area contributed by atoms with Gasteiger partial charge < -0.3 is 10.2 Å². The van der Waals surface area contributed by atoms with E-state index in [9.17, 15) is 0 Å². The molecule has 6 heteroatoms. The zero-order valence-electron chi connectivity index (χ0n) is 10.9. The second-order valence-corrected chi connectivity index (χ2v) is 6.49. The van der Waals surface area contributed by atoms with Crippen LogP contribution in [0.4, 0.5) is 5.95 Å². The van der Waals surface area contributed by atoms with Gasteiger partial charge in [-0.05, 0) is 25.5 Å². The topological polar surface area (TPSA) is 56.8 Å². The lowest BCUT2D eigenvalue weighted by Gasteiger charge is -2.30. The Morgan fingerprint density at radius 1 is 1.39 bits per heavy atom. The van der Waals surface area contributed by atoms with Crippen molar-refractivity contribution in [1.29, 1.82) is 0 Å². The molecule has 0 bridgehead atoms. The molecule has 3 rings (SSSR count). The van der Waals surface area contributed by atoms with Crippen molar-refractivity contribution >= 4 is 17.7 Å². The number of rotatable bonds is 2. The first-order chi connectivity index (χ1) is 8.83. The molecule has 2 saturated heterocycles. The van der Waals surface area contributed by atoms with Crippen LogP contribution in [0.3, 0.4) is 0 Å². The summed E-state index contributed by atoms with van der Waals surface area (Å²) in [6, 6.07) is 0.518. The summed E-state index contributed by atoms with van der Waals surface area (Å²) < 4.78 is 0. The van der Waals surface area contributed by atoms with Gasteiger partial charge in [-0.15, -0.1) is 5.10 Å². The Hall–Kier alpha value is -0.750. The monoisotopic (exact) mass is 267 g/mol. The highest BCUT2D eigenvalue weighted by molar-refractivity contribution is 7.99. The summed E-state index contributed by atoms with van der Waals surface area (Å²) >= 11 is 2.01. The molecule has 1 aromatic rings. The molecule has 100 valence electrons. The Labute approximate surface area is 112 Å². The third-order valence-corrected chi connectivity index (χ3v) is 5.01. The van der Waals surface area contributed by atoms with Crippen molar-refractivity contribution in [3.8, 4) is 0 Å². The molecule has 3 heterocycles. The van der Waals surface area contributed by atoms with Crippen molar-refractivity contribution in [3.63, 3.8) is 0 Å². The number of aromatic nitrogens is 3. The fourth-order valence-corrected chi connectivity index (χ4v) is 3.87. The average Bonchev–Trinajstić information content (AvgIpc) is 2.89. The van der Waals surface area contributed by atoms with Gasteiger partial charge in [-0.1, -0.05) is 6.42 Å². The minimum atomic E-state index is 0.518. The van der Waals surface area contributed by atoms with Crippen LogP contribution in [0, 0.1) is 0 Å². The quantitative estimate of drug-likeness (QED) is 0.851. The van der Waals surface area contributed by atoms with E-state index in [0.29, 0.717) is 11.3 Å². The maximum atomic E-state index is 4.70. The normalized spacial score (nSPS) is 29.5. The van der Waals surface area contributed by atoms with E-state index in [-0.39, 0.29) is 0 Å². The van der Waals surface area contributed by atoms with E-state index in [1.165, 1.54) is 25.0 Å². The van der Waals surface area contributed by atoms with Gasteiger partial charge in [-0.25, -0.2) is 0 Å². The molecule has 2 aliphatic heterocycles. The van der Waals surface area contributed by atoms with E-state index in [2.05, 4.69) is 27.3 Å². The summed E-state index contributed by atoms with van der Waals surface area (Å²) in [4.78, 5) is 6.98. The second kappa shape index (κ2) is 5.48. The smallest absolute Gasteiger partial charge is 0.244 e. The molecule has 1 aromatic heterocycles. The van der Waals surface area contributed by atoms with Crippen LogP contribution in [0.2, 0.25) is 0 Å². The van der Waals surface area contributed by atoms with Gasteiger partial charge in [-0.2, -0.15) is 16.7 Å². The highest BCUT2D eigenvalue weighted by Crippen LogP contribution is 2.36. The molecule has 1 unspecified atom stereocenters. The van der Waals surface area contributed by atoms with Crippen LogP contribution in [-0.2, 0) is 0 Å². The van der Waals surface area contributed by atoms with E-state index in [0.717, 1.165) is 31.4 Å². The van der Waals surface area contributed by atoms with Gasteiger partial charge in [0.15, 0.2) is 0 Å². The Bertz CT molecular complexity index is 388. The molecule has 5 nitrogen and oxygen atoms in total. The second-order valence-electron chi connectivity index (χ2n) is 5.18. The Balaban J connectivity index is 1.68. The summed E-state index contributed by atoms with van der Waals surface area (Å²) in [6.07, 6.45) is 3.90. The third kappa shape index (κ3) is 2.64. The molecule has 2 N–H and O–H groups in total. The molecular weight excluding hydrogens is 246 g/mol. The van der Waals surface area contributed by atoms with Gasteiger partial charge in [0, 0.05) is 25.7 Å². The van der Waals surface area contributed by atoms with Crippen molar-refractivity contribution in [2.24, 2.45) is 0 Å². The predicted molar refractivity (Wildman–Crippen MR) is 75.1 cm³/mol. The summed E-state index contributed by atoms with van der Waals surface area (Å²) in [5, 5.41) is 11.5. The first kappa shape index (κ1) is 12.3. The number of H-pyrrole nitrogens is 1. The third-order valence-electron chi connectivity index (χ3n) is 3.63. The number of nitrogens with zero attached hydrogens (tertiary/aromatic N) is 3. The Morgan fingerprint density at radius 3 is 3.11 bits per heavy atom. The van der Waals surface area contributed by atoms with Gasteiger partial charge in [0.05, 0.1) is 5.25 Å². The largest absolute Gasteiger partial charge is 0.337 e. The van der Waals surface area contributed by atoms with E-state index >= 15 is 0 Å². The van der Waals surface area contributed by atoms with Crippen LogP contribution >= 0.6 is 11.8 Å². The summed E-state index contributed by atoms with van der Waals surface area (Å²) in [7, 11) is 0. The summed E-state index contributed by atoms with van der Waals surface area (Å²) in [6.45, 7) is 5.22. The number of hydrogen-bond acceptors (Lipinski definition) is 5. The summed E-state index contributed by atoms with van der Waals surface area (Å²) in [5.41, 5.74) is 0. The Morgan fingerprint density at radius 2 is 2.33 bits per heavy atom. The molecule has 0 spiro atoms. The molecule has 0 amide bonds. The average molecular weight is 267 g/mol. The molecular formula is C12H21N5S. The van der Waals surface area contributed by atoms with Crippen LogP contribution in [0.25, 0.3) is 0 Å². The number of piperazine rings is 1. The predicted octanol–water partition coefficient (Wildman–Crippen LogP) is 1.56. The molecule has 0 radical (unpaired) electrons. The van der Waals surface area contributed by atoms with Crippen LogP contribution in [0.5, 0.6) is 0 Å². The van der Waals surface area contributed by atoms with Gasteiger partial charge >= 0.3 is 0 Å². The molecule has 0 aromatic carbocycles. The van der Waals surface area contributed by atoms with Crippen molar-refractivity contribution < 1.29 is 0 Å². The zero-order valence-corrected chi connectivity index (χ0v) is 11.7. The molecule has 2 fully saturated rings. The van der Waals surface area contributed by atoms with Crippen LogP contribution in [0.15, 0.2) is 0 Å². The number of anilines is 1. The van der Waals surface area contributed by atoms with Gasteiger partial charge in [0.2, 0.25) is 5.95 Å². The lowest BCUT2D eigenvalue weighted by atomic mass is 10.2. The Kier molecular flexibility index (Phi) is 3.75. The maximum absolute atomic E-state index is 4.70. The van der Waals surface area contributed by atoms with Gasteiger partial charge in [0.25, 0.3) is 0 Å². The van der Waals surface area contributed by atoms with Crippen LogP contribution in [0.1, 0.15) is 37.3 Å².